The molecule has 1 saturated heterocycles. The molecular weight excluding hydrogens is 418 g/mol. The molecule has 6 nitrogen and oxygen atoms in total. The van der Waals surface area contributed by atoms with Crippen molar-refractivity contribution in [2.75, 3.05) is 7.11 Å². The zero-order chi connectivity index (χ0) is 23.6. The van der Waals surface area contributed by atoms with E-state index in [0.717, 1.165) is 44.9 Å². The Morgan fingerprint density at radius 1 is 1.00 bits per heavy atom. The van der Waals surface area contributed by atoms with Gasteiger partial charge in [-0.15, -0.1) is 0 Å². The predicted molar refractivity (Wildman–Crippen MR) is 125 cm³/mol. The third kappa shape index (κ3) is 3.61. The van der Waals surface area contributed by atoms with E-state index in [0.29, 0.717) is 23.2 Å². The zero-order valence-corrected chi connectivity index (χ0v) is 21.1. The summed E-state index contributed by atoms with van der Waals surface area (Å²) in [4.78, 5) is 12.6. The summed E-state index contributed by atoms with van der Waals surface area (Å²) < 4.78 is 17.6. The van der Waals surface area contributed by atoms with Gasteiger partial charge in [0.2, 0.25) is 0 Å². The van der Waals surface area contributed by atoms with Crippen LogP contribution in [0.4, 0.5) is 0 Å². The summed E-state index contributed by atoms with van der Waals surface area (Å²) in [6.45, 7) is 6.74. The number of aliphatic hydroxyl groups is 1. The van der Waals surface area contributed by atoms with E-state index in [1.807, 2.05) is 6.92 Å². The molecule has 0 radical (unpaired) electrons. The summed E-state index contributed by atoms with van der Waals surface area (Å²) in [5.41, 5.74) is 7.22. The van der Waals surface area contributed by atoms with E-state index in [2.05, 4.69) is 13.8 Å². The molecule has 188 valence electrons. The number of nitrogens with two attached hydrogens (primary N) is 1. The van der Waals surface area contributed by atoms with Crippen molar-refractivity contribution >= 4 is 5.97 Å². The number of esters is 1. The lowest BCUT2D eigenvalue weighted by Crippen LogP contribution is -2.66. The van der Waals surface area contributed by atoms with Gasteiger partial charge in [-0.3, -0.25) is 4.79 Å². The second-order valence-corrected chi connectivity index (χ2v) is 12.6. The fourth-order valence-electron chi connectivity index (χ4n) is 9.19. The SMILES string of the molecule is COC(=O)[C@H]1CC[C@]2(N)[C@@H]3CC[C@@H]4C[C@@H](O[C@H]5CC[C@@H](O)[C@H](C)O5)CC[C@]4(C)[C@H]3CC[C@]12C. The van der Waals surface area contributed by atoms with Crippen LogP contribution in [-0.2, 0) is 19.0 Å². The average Bonchev–Trinajstić information content (AvgIpc) is 3.07. The molecule has 5 fully saturated rings. The molecule has 5 aliphatic rings. The standard InChI is InChI=1S/C27H45NO5/c1-16-22(29)7-8-23(32-16)33-18-9-12-25(2)17(15-18)5-6-20-19(25)10-13-26(3)21(24(30)31-4)11-14-27(20,26)28/h16-23,29H,5-15,28H2,1-4H3/t16-,17+,18-,19-,20+,21+,22+,23-,25-,26+,27-/m0/s1. The molecule has 4 aliphatic carbocycles. The van der Waals surface area contributed by atoms with E-state index in [9.17, 15) is 9.90 Å². The molecule has 3 N–H and O–H groups in total. The van der Waals surface area contributed by atoms with Crippen molar-refractivity contribution in [3.05, 3.63) is 0 Å². The van der Waals surface area contributed by atoms with Gasteiger partial charge in [0, 0.05) is 12.0 Å². The van der Waals surface area contributed by atoms with E-state index in [1.54, 1.807) is 0 Å². The van der Waals surface area contributed by atoms with Crippen LogP contribution in [0, 0.1) is 34.5 Å². The Kier molecular flexibility index (Phi) is 6.16. The Balaban J connectivity index is 1.28. The number of ether oxygens (including phenoxy) is 3. The van der Waals surface area contributed by atoms with Crippen molar-refractivity contribution < 1.29 is 24.1 Å². The number of carbonyl (C=O) groups is 1. The number of fused-ring (bicyclic) bond motifs is 5. The van der Waals surface area contributed by atoms with Crippen molar-refractivity contribution in [3.8, 4) is 0 Å². The van der Waals surface area contributed by atoms with E-state index in [1.165, 1.54) is 32.8 Å². The smallest absolute Gasteiger partial charge is 0.309 e. The Hall–Kier alpha value is -0.690. The van der Waals surface area contributed by atoms with Gasteiger partial charge in [0.25, 0.3) is 0 Å². The molecule has 0 unspecified atom stereocenters. The van der Waals surface area contributed by atoms with Crippen molar-refractivity contribution in [3.63, 3.8) is 0 Å². The highest BCUT2D eigenvalue weighted by atomic mass is 16.7. The summed E-state index contributed by atoms with van der Waals surface area (Å²) in [6, 6.07) is 0. The average molecular weight is 464 g/mol. The van der Waals surface area contributed by atoms with Gasteiger partial charge in [0.1, 0.15) is 0 Å². The zero-order valence-electron chi connectivity index (χ0n) is 21.1. The van der Waals surface area contributed by atoms with Crippen molar-refractivity contribution in [1.82, 2.24) is 0 Å². The van der Waals surface area contributed by atoms with Gasteiger partial charge in [-0.2, -0.15) is 0 Å². The Bertz CT molecular complexity index is 761. The van der Waals surface area contributed by atoms with Crippen LogP contribution in [0.25, 0.3) is 0 Å². The largest absolute Gasteiger partial charge is 0.469 e. The maximum atomic E-state index is 12.6. The minimum absolute atomic E-state index is 0.0560. The first-order valence-electron chi connectivity index (χ1n) is 13.5. The molecule has 6 heteroatoms. The Labute approximate surface area is 199 Å². The van der Waals surface area contributed by atoms with E-state index in [-0.39, 0.29) is 47.4 Å². The number of hydrogen-bond acceptors (Lipinski definition) is 6. The molecular formula is C27H45NO5. The lowest BCUT2D eigenvalue weighted by Gasteiger charge is -2.64. The van der Waals surface area contributed by atoms with Crippen LogP contribution >= 0.6 is 0 Å². The predicted octanol–water partition coefficient (Wildman–Crippen LogP) is 4.17. The van der Waals surface area contributed by atoms with Gasteiger partial charge in [-0.25, -0.2) is 0 Å². The molecule has 11 atom stereocenters. The van der Waals surface area contributed by atoms with Crippen LogP contribution in [0.3, 0.4) is 0 Å². The van der Waals surface area contributed by atoms with Crippen LogP contribution in [0.15, 0.2) is 0 Å². The number of carbonyl (C=O) groups excluding carboxylic acids is 1. The number of aliphatic hydroxyl groups excluding tert-OH is 1. The second-order valence-electron chi connectivity index (χ2n) is 12.6. The van der Waals surface area contributed by atoms with Gasteiger partial charge >= 0.3 is 5.97 Å². The minimum Gasteiger partial charge on any atom is -0.469 e. The van der Waals surface area contributed by atoms with Crippen LogP contribution in [-0.4, -0.2) is 48.3 Å². The molecule has 0 bridgehead atoms. The number of rotatable bonds is 3. The topological polar surface area (TPSA) is 91.0 Å². The van der Waals surface area contributed by atoms with Gasteiger partial charge in [-0.05, 0) is 99.7 Å². The Morgan fingerprint density at radius 3 is 2.52 bits per heavy atom. The third-order valence-corrected chi connectivity index (χ3v) is 11.4. The van der Waals surface area contributed by atoms with Crippen molar-refractivity contribution in [1.29, 1.82) is 0 Å². The van der Waals surface area contributed by atoms with E-state index < -0.39 is 0 Å². The Morgan fingerprint density at radius 2 is 1.79 bits per heavy atom. The van der Waals surface area contributed by atoms with Crippen LogP contribution < -0.4 is 5.73 Å². The highest BCUT2D eigenvalue weighted by Gasteiger charge is 2.67. The summed E-state index contributed by atoms with van der Waals surface area (Å²) >= 11 is 0. The van der Waals surface area contributed by atoms with Gasteiger partial charge < -0.3 is 25.1 Å². The first-order valence-corrected chi connectivity index (χ1v) is 13.5. The van der Waals surface area contributed by atoms with Crippen molar-refractivity contribution in [2.45, 2.75) is 122 Å². The molecule has 33 heavy (non-hydrogen) atoms. The highest BCUT2D eigenvalue weighted by molar-refractivity contribution is 5.74. The highest BCUT2D eigenvalue weighted by Crippen LogP contribution is 2.68. The molecule has 0 aromatic rings. The molecule has 4 saturated carbocycles. The normalized spacial score (nSPS) is 54.1. The quantitative estimate of drug-likeness (QED) is 0.482. The second kappa shape index (κ2) is 8.46. The maximum absolute atomic E-state index is 12.6. The minimum atomic E-state index is -0.371. The maximum Gasteiger partial charge on any atom is 0.309 e. The number of methoxy groups -OCH3 is 1. The van der Waals surface area contributed by atoms with Gasteiger partial charge in [-0.1, -0.05) is 13.8 Å². The molecule has 1 aliphatic heterocycles. The van der Waals surface area contributed by atoms with Crippen LogP contribution in [0.1, 0.15) is 91.4 Å². The van der Waals surface area contributed by atoms with Gasteiger partial charge in [0.15, 0.2) is 6.29 Å². The fourth-order valence-corrected chi connectivity index (χ4v) is 9.19. The molecule has 0 aromatic heterocycles. The van der Waals surface area contributed by atoms with Gasteiger partial charge in [0.05, 0.1) is 31.3 Å². The fraction of sp³-hybridized carbons (Fsp3) is 0.963. The molecule has 0 spiro atoms. The molecule has 5 rings (SSSR count). The summed E-state index contributed by atoms with van der Waals surface area (Å²) in [7, 11) is 1.52. The molecule has 0 amide bonds. The monoisotopic (exact) mass is 463 g/mol. The number of hydrogen-bond donors (Lipinski definition) is 2. The summed E-state index contributed by atoms with van der Waals surface area (Å²) in [5.74, 6) is 1.67. The van der Waals surface area contributed by atoms with Crippen LogP contribution in [0.5, 0.6) is 0 Å². The molecule has 0 aromatic carbocycles. The first kappa shape index (κ1) is 24.0. The summed E-state index contributed by atoms with van der Waals surface area (Å²) in [5, 5.41) is 9.95. The lowest BCUT2D eigenvalue weighted by molar-refractivity contribution is -0.247. The van der Waals surface area contributed by atoms with E-state index in [4.69, 9.17) is 19.9 Å². The first-order chi connectivity index (χ1) is 15.6. The third-order valence-electron chi connectivity index (χ3n) is 11.4. The lowest BCUT2D eigenvalue weighted by atomic mass is 9.42. The van der Waals surface area contributed by atoms with E-state index >= 15 is 0 Å². The summed E-state index contributed by atoms with van der Waals surface area (Å²) in [6.07, 6.45) is 10.9. The van der Waals surface area contributed by atoms with Crippen LogP contribution in [0.2, 0.25) is 0 Å². The molecule has 1 heterocycles. The van der Waals surface area contributed by atoms with Crippen molar-refractivity contribution in [2.24, 2.45) is 40.2 Å².